The summed E-state index contributed by atoms with van der Waals surface area (Å²) in [5.41, 5.74) is 2.65. The fourth-order valence-electron chi connectivity index (χ4n) is 4.20. The second-order valence-electron chi connectivity index (χ2n) is 8.82. The summed E-state index contributed by atoms with van der Waals surface area (Å²) in [5.74, 6) is -0.369. The van der Waals surface area contributed by atoms with Crippen LogP contribution in [0.3, 0.4) is 0 Å². The summed E-state index contributed by atoms with van der Waals surface area (Å²) in [5, 5.41) is 7.27. The molecule has 0 aliphatic rings. The van der Waals surface area contributed by atoms with E-state index in [0.717, 1.165) is 11.1 Å². The number of ether oxygens (including phenoxy) is 2. The zero-order chi connectivity index (χ0) is 27.8. The molecule has 0 aliphatic heterocycles. The molecule has 8 nitrogen and oxygen atoms in total. The molecular formula is C29H30F2N4O4. The second kappa shape index (κ2) is 13.0. The van der Waals surface area contributed by atoms with E-state index in [1.54, 1.807) is 33.8 Å². The first-order valence-corrected chi connectivity index (χ1v) is 12.5. The smallest absolute Gasteiger partial charge is 0.267 e. The average molecular weight is 537 g/mol. The van der Waals surface area contributed by atoms with Crippen LogP contribution in [0.2, 0.25) is 0 Å². The number of nitrogens with zero attached hydrogens (tertiary/aromatic N) is 3. The number of carbonyl (C=O) groups is 1. The Hall–Kier alpha value is -4.31. The normalized spacial score (nSPS) is 11.1. The molecule has 0 fully saturated rings. The van der Waals surface area contributed by atoms with Crippen molar-refractivity contribution in [3.05, 3.63) is 117 Å². The topological polar surface area (TPSA) is 87.4 Å². The molecule has 39 heavy (non-hydrogen) atoms. The zero-order valence-electron chi connectivity index (χ0n) is 21.8. The van der Waals surface area contributed by atoms with Crippen LogP contribution >= 0.6 is 0 Å². The molecule has 1 N–H and O–H groups in total. The van der Waals surface area contributed by atoms with Crippen molar-refractivity contribution >= 4 is 5.91 Å². The lowest BCUT2D eigenvalue weighted by molar-refractivity contribution is 0.0938. The number of halogens is 2. The van der Waals surface area contributed by atoms with Gasteiger partial charge >= 0.3 is 0 Å². The van der Waals surface area contributed by atoms with Gasteiger partial charge in [-0.05, 0) is 35.7 Å². The summed E-state index contributed by atoms with van der Waals surface area (Å²) in [7, 11) is 1.33. The minimum Gasteiger partial charge on any atom is -0.496 e. The Morgan fingerprint density at radius 3 is 2.44 bits per heavy atom. The van der Waals surface area contributed by atoms with Crippen molar-refractivity contribution in [2.24, 2.45) is 0 Å². The second-order valence-corrected chi connectivity index (χ2v) is 8.82. The number of amides is 1. The van der Waals surface area contributed by atoms with Crippen LogP contribution in [-0.2, 0) is 31.0 Å². The molecule has 4 rings (SSSR count). The van der Waals surface area contributed by atoms with Crippen molar-refractivity contribution in [3.8, 4) is 5.75 Å². The van der Waals surface area contributed by atoms with Crippen LogP contribution in [0, 0.1) is 0 Å². The number of alkyl halides is 2. The number of aromatic nitrogens is 3. The van der Waals surface area contributed by atoms with E-state index in [2.05, 4.69) is 10.4 Å². The van der Waals surface area contributed by atoms with E-state index in [0.29, 0.717) is 31.0 Å². The molecular weight excluding hydrogens is 506 g/mol. The molecule has 0 spiro atoms. The molecule has 0 bridgehead atoms. The number of hydrogen-bond donors (Lipinski definition) is 1. The van der Waals surface area contributed by atoms with Crippen LogP contribution < -0.4 is 15.6 Å². The highest BCUT2D eigenvalue weighted by Crippen LogP contribution is 2.32. The third-order valence-corrected chi connectivity index (χ3v) is 6.18. The van der Waals surface area contributed by atoms with Crippen LogP contribution in [0.15, 0.2) is 77.9 Å². The molecule has 0 atom stereocenters. The van der Waals surface area contributed by atoms with Crippen LogP contribution in [0.4, 0.5) is 8.78 Å². The van der Waals surface area contributed by atoms with Gasteiger partial charge < -0.3 is 19.4 Å². The summed E-state index contributed by atoms with van der Waals surface area (Å²) in [4.78, 5) is 25.1. The summed E-state index contributed by atoms with van der Waals surface area (Å²) < 4.78 is 41.1. The third-order valence-electron chi connectivity index (χ3n) is 6.18. The summed E-state index contributed by atoms with van der Waals surface area (Å²) in [6.07, 6.45) is 0.625. The number of carbonyl (C=O) groups excluding carboxylic acids is 1. The van der Waals surface area contributed by atoms with E-state index in [1.165, 1.54) is 25.3 Å². The molecule has 0 saturated carbocycles. The van der Waals surface area contributed by atoms with Crippen molar-refractivity contribution in [1.29, 1.82) is 0 Å². The molecule has 1 amide bonds. The standard InChI is InChI=1S/C29H30F2N4O4/c1-3-39-19-24-23(29(37)32-15-22-7-6-8-25(38-2)27(22)28(30)31)18-35(33-24)17-21-12-10-20(11-13-21)16-34-14-5-4-9-26(34)36/h4-14,18,28H,3,15-17,19H2,1-2H3,(H,32,37). The fourth-order valence-corrected chi connectivity index (χ4v) is 4.20. The number of nitrogens with one attached hydrogen (secondary N) is 1. The monoisotopic (exact) mass is 536 g/mol. The van der Waals surface area contributed by atoms with Gasteiger partial charge in [0.2, 0.25) is 0 Å². The number of rotatable bonds is 12. The number of benzene rings is 2. The minimum atomic E-state index is -2.75. The maximum absolute atomic E-state index is 13.7. The highest BCUT2D eigenvalue weighted by Gasteiger charge is 2.21. The summed E-state index contributed by atoms with van der Waals surface area (Å²) in [6, 6.07) is 17.4. The van der Waals surface area contributed by atoms with Crippen LogP contribution in [0.5, 0.6) is 5.75 Å². The zero-order valence-corrected chi connectivity index (χ0v) is 21.8. The van der Waals surface area contributed by atoms with Gasteiger partial charge in [0.1, 0.15) is 11.4 Å². The number of hydrogen-bond acceptors (Lipinski definition) is 5. The molecule has 2 aromatic heterocycles. The molecule has 0 radical (unpaired) electrons. The molecule has 2 aromatic carbocycles. The van der Waals surface area contributed by atoms with Gasteiger partial charge in [-0.2, -0.15) is 5.10 Å². The van der Waals surface area contributed by atoms with Gasteiger partial charge in [0, 0.05) is 31.6 Å². The first kappa shape index (κ1) is 27.7. The van der Waals surface area contributed by atoms with Crippen molar-refractivity contribution in [2.45, 2.75) is 39.6 Å². The largest absolute Gasteiger partial charge is 0.496 e. The number of pyridine rings is 1. The molecule has 10 heteroatoms. The Bertz CT molecular complexity index is 1460. The Morgan fingerprint density at radius 2 is 1.77 bits per heavy atom. The Labute approximate surface area is 224 Å². The van der Waals surface area contributed by atoms with E-state index >= 15 is 0 Å². The third kappa shape index (κ3) is 6.97. The lowest BCUT2D eigenvalue weighted by Crippen LogP contribution is -2.24. The van der Waals surface area contributed by atoms with E-state index in [-0.39, 0.29) is 35.6 Å². The van der Waals surface area contributed by atoms with Gasteiger partial charge in [-0.25, -0.2) is 8.78 Å². The Balaban J connectivity index is 1.48. The van der Waals surface area contributed by atoms with Crippen molar-refractivity contribution in [1.82, 2.24) is 19.7 Å². The molecule has 4 aromatic rings. The van der Waals surface area contributed by atoms with E-state index in [9.17, 15) is 18.4 Å². The molecule has 2 heterocycles. The van der Waals surface area contributed by atoms with Gasteiger partial charge in [0.05, 0.1) is 37.9 Å². The van der Waals surface area contributed by atoms with Gasteiger partial charge in [-0.1, -0.05) is 42.5 Å². The SMILES string of the molecule is CCOCc1nn(Cc2ccc(Cn3ccccc3=O)cc2)cc1C(=O)NCc1cccc(OC)c1C(F)F. The summed E-state index contributed by atoms with van der Waals surface area (Å²) in [6.45, 7) is 3.20. The highest BCUT2D eigenvalue weighted by atomic mass is 19.3. The first-order chi connectivity index (χ1) is 18.9. The quantitative estimate of drug-likeness (QED) is 0.287. The Morgan fingerprint density at radius 1 is 1.03 bits per heavy atom. The van der Waals surface area contributed by atoms with Crippen LogP contribution in [0.1, 0.15) is 51.7 Å². The number of methoxy groups -OCH3 is 1. The lowest BCUT2D eigenvalue weighted by atomic mass is 10.1. The van der Waals surface area contributed by atoms with Gasteiger partial charge in [0.15, 0.2) is 0 Å². The van der Waals surface area contributed by atoms with Crippen molar-refractivity contribution in [3.63, 3.8) is 0 Å². The maximum Gasteiger partial charge on any atom is 0.267 e. The predicted octanol–water partition coefficient (Wildman–Crippen LogP) is 4.55. The van der Waals surface area contributed by atoms with Gasteiger partial charge in [-0.3, -0.25) is 14.3 Å². The minimum absolute atomic E-state index is 0.0671. The van der Waals surface area contributed by atoms with Crippen LogP contribution in [0.25, 0.3) is 0 Å². The van der Waals surface area contributed by atoms with Crippen molar-refractivity contribution in [2.75, 3.05) is 13.7 Å². The molecule has 0 aliphatic carbocycles. The molecule has 204 valence electrons. The van der Waals surface area contributed by atoms with E-state index < -0.39 is 12.3 Å². The van der Waals surface area contributed by atoms with Gasteiger partial charge in [0.25, 0.3) is 17.9 Å². The van der Waals surface area contributed by atoms with Gasteiger partial charge in [-0.15, -0.1) is 0 Å². The first-order valence-electron chi connectivity index (χ1n) is 12.5. The van der Waals surface area contributed by atoms with Crippen LogP contribution in [-0.4, -0.2) is 34.0 Å². The fraction of sp³-hybridized carbons (Fsp3) is 0.276. The molecule has 0 saturated heterocycles. The summed E-state index contributed by atoms with van der Waals surface area (Å²) >= 11 is 0. The average Bonchev–Trinajstić information content (AvgIpc) is 3.34. The van der Waals surface area contributed by atoms with Crippen molar-refractivity contribution < 1.29 is 23.0 Å². The lowest BCUT2D eigenvalue weighted by Gasteiger charge is -2.14. The highest BCUT2D eigenvalue weighted by molar-refractivity contribution is 5.95. The molecule has 0 unspecified atom stereocenters. The maximum atomic E-state index is 13.7. The Kier molecular flexibility index (Phi) is 9.22. The van der Waals surface area contributed by atoms with E-state index in [4.69, 9.17) is 9.47 Å². The predicted molar refractivity (Wildman–Crippen MR) is 142 cm³/mol. The van der Waals surface area contributed by atoms with E-state index in [1.807, 2.05) is 37.3 Å².